The molecule has 0 saturated heterocycles. The van der Waals surface area contributed by atoms with E-state index in [0.717, 1.165) is 16.4 Å². The van der Waals surface area contributed by atoms with Crippen LogP contribution in [0.5, 0.6) is 5.75 Å². The molecule has 1 amide bonds. The zero-order valence-corrected chi connectivity index (χ0v) is 12.8. The molecule has 0 radical (unpaired) electrons. The maximum atomic E-state index is 11.8. The van der Waals surface area contributed by atoms with Gasteiger partial charge in [-0.1, -0.05) is 6.07 Å². The molecule has 1 saturated carbocycles. The summed E-state index contributed by atoms with van der Waals surface area (Å²) in [6, 6.07) is 9.68. The Morgan fingerprint density at radius 1 is 1.63 bits per heavy atom. The molecule has 1 unspecified atom stereocenters. The van der Waals surface area contributed by atoms with E-state index >= 15 is 0 Å². The second kappa shape index (κ2) is 5.78. The van der Waals surface area contributed by atoms with E-state index in [0.29, 0.717) is 5.75 Å². The fourth-order valence-electron chi connectivity index (χ4n) is 1.91. The molecular formula is C14H15IN2O2. The zero-order chi connectivity index (χ0) is 13.9. The van der Waals surface area contributed by atoms with E-state index in [-0.39, 0.29) is 18.4 Å². The summed E-state index contributed by atoms with van der Waals surface area (Å²) in [5.74, 6) is 0.682. The minimum atomic E-state index is -0.758. The monoisotopic (exact) mass is 370 g/mol. The van der Waals surface area contributed by atoms with Gasteiger partial charge in [0, 0.05) is 3.57 Å². The number of hydrogen-bond acceptors (Lipinski definition) is 3. The highest BCUT2D eigenvalue weighted by Gasteiger charge is 2.43. The van der Waals surface area contributed by atoms with Crippen LogP contribution in [0.25, 0.3) is 0 Å². The van der Waals surface area contributed by atoms with Crippen molar-refractivity contribution in [3.63, 3.8) is 0 Å². The molecule has 1 aliphatic rings. The SMILES string of the molecule is CC(C#N)(NC(=O)COc1cccc(I)c1)C1CC1. The third kappa shape index (κ3) is 3.83. The number of carbonyl (C=O) groups excluding carboxylic acids is 1. The van der Waals surface area contributed by atoms with Crippen molar-refractivity contribution in [3.05, 3.63) is 27.8 Å². The van der Waals surface area contributed by atoms with E-state index < -0.39 is 5.54 Å². The van der Waals surface area contributed by atoms with Gasteiger partial charge in [0.1, 0.15) is 11.3 Å². The highest BCUT2D eigenvalue weighted by molar-refractivity contribution is 14.1. The summed E-state index contributed by atoms with van der Waals surface area (Å²) in [6.07, 6.45) is 2.00. The van der Waals surface area contributed by atoms with Gasteiger partial charge < -0.3 is 10.1 Å². The number of hydrogen-bond donors (Lipinski definition) is 1. The second-order valence-electron chi connectivity index (χ2n) is 4.88. The van der Waals surface area contributed by atoms with Crippen molar-refractivity contribution in [1.29, 1.82) is 5.26 Å². The molecule has 4 nitrogen and oxygen atoms in total. The molecule has 1 aromatic carbocycles. The maximum Gasteiger partial charge on any atom is 0.259 e. The van der Waals surface area contributed by atoms with E-state index in [1.165, 1.54) is 0 Å². The lowest BCUT2D eigenvalue weighted by molar-refractivity contribution is -0.124. The summed E-state index contributed by atoms with van der Waals surface area (Å²) in [5, 5.41) is 11.9. The van der Waals surface area contributed by atoms with Crippen LogP contribution in [0.2, 0.25) is 0 Å². The fraction of sp³-hybridized carbons (Fsp3) is 0.429. The van der Waals surface area contributed by atoms with E-state index in [2.05, 4.69) is 34.0 Å². The van der Waals surface area contributed by atoms with Crippen molar-refractivity contribution in [2.45, 2.75) is 25.3 Å². The summed E-state index contributed by atoms with van der Waals surface area (Å²) in [5.41, 5.74) is -0.758. The van der Waals surface area contributed by atoms with Crippen LogP contribution in [-0.4, -0.2) is 18.1 Å². The minimum Gasteiger partial charge on any atom is -0.484 e. The van der Waals surface area contributed by atoms with Gasteiger partial charge in [0.25, 0.3) is 5.91 Å². The van der Waals surface area contributed by atoms with Gasteiger partial charge in [-0.25, -0.2) is 0 Å². The lowest BCUT2D eigenvalue weighted by atomic mass is 9.98. The Hall–Kier alpha value is -1.29. The Kier molecular flexibility index (Phi) is 4.30. The summed E-state index contributed by atoms with van der Waals surface area (Å²) in [6.45, 7) is 1.71. The zero-order valence-electron chi connectivity index (χ0n) is 10.6. The van der Waals surface area contributed by atoms with Crippen LogP contribution >= 0.6 is 22.6 Å². The van der Waals surface area contributed by atoms with Crippen molar-refractivity contribution < 1.29 is 9.53 Å². The minimum absolute atomic E-state index is 0.0654. The molecule has 1 fully saturated rings. The molecule has 0 aliphatic heterocycles. The van der Waals surface area contributed by atoms with Crippen molar-refractivity contribution in [2.24, 2.45) is 5.92 Å². The molecule has 1 atom stereocenters. The fourth-order valence-corrected chi connectivity index (χ4v) is 2.43. The first-order valence-corrected chi connectivity index (χ1v) is 7.22. The molecule has 19 heavy (non-hydrogen) atoms. The maximum absolute atomic E-state index is 11.8. The number of carbonyl (C=O) groups is 1. The first kappa shape index (κ1) is 14.1. The average Bonchev–Trinajstić information content (AvgIpc) is 3.21. The molecule has 0 spiro atoms. The van der Waals surface area contributed by atoms with Crippen molar-refractivity contribution in [1.82, 2.24) is 5.32 Å². The van der Waals surface area contributed by atoms with Crippen LogP contribution in [0.15, 0.2) is 24.3 Å². The predicted octanol–water partition coefficient (Wildman–Crippen LogP) is 2.48. The summed E-state index contributed by atoms with van der Waals surface area (Å²) in [7, 11) is 0. The quantitative estimate of drug-likeness (QED) is 0.811. The molecule has 0 heterocycles. The van der Waals surface area contributed by atoms with Gasteiger partial charge >= 0.3 is 0 Å². The van der Waals surface area contributed by atoms with Crippen LogP contribution in [0.4, 0.5) is 0 Å². The number of ether oxygens (including phenoxy) is 1. The van der Waals surface area contributed by atoms with Crippen LogP contribution in [0.1, 0.15) is 19.8 Å². The molecule has 1 aromatic rings. The number of rotatable bonds is 5. The van der Waals surface area contributed by atoms with Crippen LogP contribution in [-0.2, 0) is 4.79 Å². The highest BCUT2D eigenvalue weighted by atomic mass is 127. The number of nitrogens with one attached hydrogen (secondary N) is 1. The lowest BCUT2D eigenvalue weighted by Gasteiger charge is -2.22. The smallest absolute Gasteiger partial charge is 0.259 e. The normalized spacial score (nSPS) is 17.1. The van der Waals surface area contributed by atoms with Crippen LogP contribution < -0.4 is 10.1 Å². The van der Waals surface area contributed by atoms with Crippen LogP contribution in [0.3, 0.4) is 0 Å². The van der Waals surface area contributed by atoms with Gasteiger partial charge in [-0.3, -0.25) is 4.79 Å². The molecule has 5 heteroatoms. The molecular weight excluding hydrogens is 355 g/mol. The highest BCUT2D eigenvalue weighted by Crippen LogP contribution is 2.39. The number of nitriles is 1. The predicted molar refractivity (Wildman–Crippen MR) is 79.5 cm³/mol. The number of amides is 1. The number of halogens is 1. The van der Waals surface area contributed by atoms with Crippen molar-refractivity contribution in [3.8, 4) is 11.8 Å². The number of benzene rings is 1. The average molecular weight is 370 g/mol. The largest absolute Gasteiger partial charge is 0.484 e. The summed E-state index contributed by atoms with van der Waals surface area (Å²) in [4.78, 5) is 11.8. The van der Waals surface area contributed by atoms with E-state index in [9.17, 15) is 4.79 Å². The molecule has 0 bridgehead atoms. The molecule has 1 aliphatic carbocycles. The van der Waals surface area contributed by atoms with E-state index in [4.69, 9.17) is 10.00 Å². The third-order valence-corrected chi connectivity index (χ3v) is 3.86. The summed E-state index contributed by atoms with van der Waals surface area (Å²) < 4.78 is 6.46. The Bertz CT molecular complexity index is 522. The van der Waals surface area contributed by atoms with Gasteiger partial charge in [0.2, 0.25) is 0 Å². The van der Waals surface area contributed by atoms with E-state index in [1.54, 1.807) is 13.0 Å². The van der Waals surface area contributed by atoms with Crippen molar-refractivity contribution in [2.75, 3.05) is 6.61 Å². The Morgan fingerprint density at radius 3 is 2.95 bits per heavy atom. The third-order valence-electron chi connectivity index (χ3n) is 3.19. The first-order chi connectivity index (χ1) is 9.03. The van der Waals surface area contributed by atoms with Gasteiger partial charge in [-0.05, 0) is 66.5 Å². The molecule has 2 rings (SSSR count). The Labute approximate surface area is 126 Å². The van der Waals surface area contributed by atoms with Crippen LogP contribution in [0, 0.1) is 20.8 Å². The van der Waals surface area contributed by atoms with Gasteiger partial charge in [0.05, 0.1) is 6.07 Å². The van der Waals surface area contributed by atoms with Gasteiger partial charge in [0.15, 0.2) is 6.61 Å². The van der Waals surface area contributed by atoms with Gasteiger partial charge in [-0.2, -0.15) is 5.26 Å². The van der Waals surface area contributed by atoms with Gasteiger partial charge in [-0.15, -0.1) is 0 Å². The molecule has 1 N–H and O–H groups in total. The number of nitrogens with zero attached hydrogens (tertiary/aromatic N) is 1. The second-order valence-corrected chi connectivity index (χ2v) is 6.13. The Balaban J connectivity index is 1.86. The Morgan fingerprint density at radius 2 is 2.37 bits per heavy atom. The summed E-state index contributed by atoms with van der Waals surface area (Å²) >= 11 is 2.18. The first-order valence-electron chi connectivity index (χ1n) is 6.14. The van der Waals surface area contributed by atoms with E-state index in [1.807, 2.05) is 18.2 Å². The van der Waals surface area contributed by atoms with Crippen molar-refractivity contribution >= 4 is 28.5 Å². The molecule has 0 aromatic heterocycles. The molecule has 100 valence electrons. The topological polar surface area (TPSA) is 62.1 Å². The lowest BCUT2D eigenvalue weighted by Crippen LogP contribution is -2.48. The standard InChI is InChI=1S/C14H15IN2O2/c1-14(9-16,10-5-6-10)17-13(18)8-19-12-4-2-3-11(15)7-12/h2-4,7,10H,5-6,8H2,1H3,(H,17,18).